The Morgan fingerprint density at radius 3 is 2.55 bits per heavy atom. The molecule has 0 saturated heterocycles. The van der Waals surface area contributed by atoms with E-state index >= 15 is 0 Å². The standard InChI is InChI=1S/C6H12N2O2S/c1-3-11(9,10)8-6(2)4-5-7/h6,8H,3-4H2,1-2H3. The van der Waals surface area contributed by atoms with Crippen LogP contribution in [-0.2, 0) is 10.0 Å². The van der Waals surface area contributed by atoms with E-state index in [9.17, 15) is 8.42 Å². The SMILES string of the molecule is CCS(=O)(=O)NC(C)CC#N. The molecule has 1 atom stereocenters. The van der Waals surface area contributed by atoms with Gasteiger partial charge >= 0.3 is 0 Å². The van der Waals surface area contributed by atoms with E-state index in [1.165, 1.54) is 0 Å². The summed E-state index contributed by atoms with van der Waals surface area (Å²) in [7, 11) is -3.14. The van der Waals surface area contributed by atoms with Crippen LogP contribution in [0, 0.1) is 11.3 Å². The van der Waals surface area contributed by atoms with Gasteiger partial charge in [0.25, 0.3) is 0 Å². The number of hydrogen-bond donors (Lipinski definition) is 1. The van der Waals surface area contributed by atoms with Crippen molar-refractivity contribution in [3.05, 3.63) is 0 Å². The lowest BCUT2D eigenvalue weighted by Gasteiger charge is -2.08. The number of nitrogens with zero attached hydrogens (tertiary/aromatic N) is 1. The molecule has 0 aromatic rings. The van der Waals surface area contributed by atoms with Crippen LogP contribution in [0.1, 0.15) is 20.3 Å². The molecule has 0 amide bonds. The third-order valence-electron chi connectivity index (χ3n) is 1.16. The van der Waals surface area contributed by atoms with Crippen LogP contribution in [0.2, 0.25) is 0 Å². The highest BCUT2D eigenvalue weighted by Gasteiger charge is 2.10. The lowest BCUT2D eigenvalue weighted by atomic mass is 10.3. The van der Waals surface area contributed by atoms with E-state index < -0.39 is 10.0 Å². The first-order valence-electron chi connectivity index (χ1n) is 3.38. The van der Waals surface area contributed by atoms with Gasteiger partial charge in [-0.3, -0.25) is 0 Å². The van der Waals surface area contributed by atoms with Crippen molar-refractivity contribution in [1.82, 2.24) is 4.72 Å². The zero-order valence-electron chi connectivity index (χ0n) is 6.66. The average molecular weight is 176 g/mol. The smallest absolute Gasteiger partial charge is 0.211 e. The maximum atomic E-state index is 10.9. The van der Waals surface area contributed by atoms with Gasteiger partial charge in [0.15, 0.2) is 0 Å². The molecular formula is C6H12N2O2S. The highest BCUT2D eigenvalue weighted by Crippen LogP contribution is 1.92. The number of hydrogen-bond acceptors (Lipinski definition) is 3. The molecule has 1 N–H and O–H groups in total. The van der Waals surface area contributed by atoms with E-state index in [0.29, 0.717) is 0 Å². The molecule has 0 bridgehead atoms. The molecule has 0 saturated carbocycles. The quantitative estimate of drug-likeness (QED) is 0.666. The monoisotopic (exact) mass is 176 g/mol. The van der Waals surface area contributed by atoms with E-state index in [0.717, 1.165) is 0 Å². The summed E-state index contributed by atoms with van der Waals surface area (Å²) >= 11 is 0. The van der Waals surface area contributed by atoms with Gasteiger partial charge in [-0.05, 0) is 13.8 Å². The second kappa shape index (κ2) is 4.31. The molecule has 0 aliphatic rings. The molecule has 0 spiro atoms. The topological polar surface area (TPSA) is 70.0 Å². The summed E-state index contributed by atoms with van der Waals surface area (Å²) < 4.78 is 24.1. The van der Waals surface area contributed by atoms with Gasteiger partial charge in [-0.25, -0.2) is 13.1 Å². The second-order valence-corrected chi connectivity index (χ2v) is 4.33. The summed E-state index contributed by atoms with van der Waals surface area (Å²) in [6.07, 6.45) is 0.208. The van der Waals surface area contributed by atoms with E-state index in [2.05, 4.69) is 4.72 Å². The molecular weight excluding hydrogens is 164 g/mol. The maximum Gasteiger partial charge on any atom is 0.211 e. The van der Waals surface area contributed by atoms with Crippen molar-refractivity contribution in [1.29, 1.82) is 5.26 Å². The van der Waals surface area contributed by atoms with Gasteiger partial charge < -0.3 is 0 Å². The molecule has 0 aromatic heterocycles. The van der Waals surface area contributed by atoms with Crippen LogP contribution in [0.3, 0.4) is 0 Å². The fraction of sp³-hybridized carbons (Fsp3) is 0.833. The zero-order chi connectivity index (χ0) is 8.91. The Morgan fingerprint density at radius 1 is 1.64 bits per heavy atom. The normalized spacial score (nSPS) is 13.9. The Bertz CT molecular complexity index is 240. The summed E-state index contributed by atoms with van der Waals surface area (Å²) in [5.74, 6) is 0.0583. The van der Waals surface area contributed by atoms with Crippen LogP contribution < -0.4 is 4.72 Å². The van der Waals surface area contributed by atoms with Gasteiger partial charge in [0.1, 0.15) is 0 Å². The zero-order valence-corrected chi connectivity index (χ0v) is 7.48. The Balaban J connectivity index is 3.97. The van der Waals surface area contributed by atoms with Crippen LogP contribution in [0.15, 0.2) is 0 Å². The molecule has 64 valence electrons. The van der Waals surface area contributed by atoms with Gasteiger partial charge in [0.05, 0.1) is 18.2 Å². The van der Waals surface area contributed by atoms with Crippen LogP contribution in [-0.4, -0.2) is 20.2 Å². The molecule has 4 nitrogen and oxygen atoms in total. The Labute approximate surface area is 67.3 Å². The van der Waals surface area contributed by atoms with Crippen LogP contribution in [0.25, 0.3) is 0 Å². The van der Waals surface area contributed by atoms with Crippen molar-refractivity contribution in [2.24, 2.45) is 0 Å². The lowest BCUT2D eigenvalue weighted by Crippen LogP contribution is -2.33. The van der Waals surface area contributed by atoms with E-state index in [4.69, 9.17) is 5.26 Å². The minimum absolute atomic E-state index is 0.0583. The third-order valence-corrected chi connectivity index (χ3v) is 2.68. The minimum atomic E-state index is -3.14. The number of nitrogens with one attached hydrogen (secondary N) is 1. The van der Waals surface area contributed by atoms with E-state index in [1.54, 1.807) is 13.8 Å². The number of rotatable bonds is 4. The summed E-state index contributed by atoms with van der Waals surface area (Å²) in [6, 6.07) is 1.60. The molecule has 5 heteroatoms. The molecule has 0 heterocycles. The van der Waals surface area contributed by atoms with Crippen molar-refractivity contribution < 1.29 is 8.42 Å². The van der Waals surface area contributed by atoms with E-state index in [1.807, 2.05) is 6.07 Å². The van der Waals surface area contributed by atoms with Crippen LogP contribution in [0.4, 0.5) is 0 Å². The third kappa shape index (κ3) is 4.76. The fourth-order valence-electron chi connectivity index (χ4n) is 0.568. The first kappa shape index (κ1) is 10.4. The number of nitriles is 1. The largest absolute Gasteiger partial charge is 0.212 e. The van der Waals surface area contributed by atoms with E-state index in [-0.39, 0.29) is 18.2 Å². The number of sulfonamides is 1. The van der Waals surface area contributed by atoms with Gasteiger partial charge in [-0.1, -0.05) is 0 Å². The predicted molar refractivity (Wildman–Crippen MR) is 42.3 cm³/mol. The molecule has 0 aromatic carbocycles. The Kier molecular flexibility index (Phi) is 4.08. The highest BCUT2D eigenvalue weighted by molar-refractivity contribution is 7.89. The van der Waals surface area contributed by atoms with Crippen molar-refractivity contribution in [3.8, 4) is 6.07 Å². The first-order chi connectivity index (χ1) is 5.02. The summed E-state index contributed by atoms with van der Waals surface area (Å²) in [4.78, 5) is 0. The van der Waals surface area contributed by atoms with Crippen molar-refractivity contribution >= 4 is 10.0 Å². The second-order valence-electron chi connectivity index (χ2n) is 2.28. The van der Waals surface area contributed by atoms with Gasteiger partial charge in [-0.15, -0.1) is 0 Å². The first-order valence-corrected chi connectivity index (χ1v) is 5.04. The molecule has 0 fully saturated rings. The predicted octanol–water partition coefficient (Wildman–Crippen LogP) is 0.228. The molecule has 1 unspecified atom stereocenters. The molecule has 0 aliphatic carbocycles. The average Bonchev–Trinajstić information content (AvgIpc) is 1.87. The molecule has 11 heavy (non-hydrogen) atoms. The van der Waals surface area contributed by atoms with Crippen molar-refractivity contribution in [2.75, 3.05) is 5.75 Å². The molecule has 0 aliphatic heterocycles. The van der Waals surface area contributed by atoms with Crippen molar-refractivity contribution in [2.45, 2.75) is 26.3 Å². The maximum absolute atomic E-state index is 10.9. The van der Waals surface area contributed by atoms with Gasteiger partial charge in [-0.2, -0.15) is 5.26 Å². The summed E-state index contributed by atoms with van der Waals surface area (Å²) in [6.45, 7) is 3.22. The van der Waals surface area contributed by atoms with Crippen molar-refractivity contribution in [3.63, 3.8) is 0 Å². The van der Waals surface area contributed by atoms with Crippen LogP contribution in [0.5, 0.6) is 0 Å². The molecule has 0 radical (unpaired) electrons. The van der Waals surface area contributed by atoms with Gasteiger partial charge in [0.2, 0.25) is 10.0 Å². The Hall–Kier alpha value is -0.600. The Morgan fingerprint density at radius 2 is 2.18 bits per heavy atom. The highest BCUT2D eigenvalue weighted by atomic mass is 32.2. The summed E-state index contributed by atoms with van der Waals surface area (Å²) in [5, 5.41) is 8.22. The van der Waals surface area contributed by atoms with Crippen LogP contribution >= 0.6 is 0 Å². The lowest BCUT2D eigenvalue weighted by molar-refractivity contribution is 0.564. The summed E-state index contributed by atoms with van der Waals surface area (Å²) in [5.41, 5.74) is 0. The fourth-order valence-corrected chi connectivity index (χ4v) is 1.43. The molecule has 0 rings (SSSR count). The minimum Gasteiger partial charge on any atom is -0.212 e. The van der Waals surface area contributed by atoms with Gasteiger partial charge in [0, 0.05) is 6.04 Å².